The van der Waals surface area contributed by atoms with Gasteiger partial charge in [-0.3, -0.25) is 10.1 Å². The monoisotopic (exact) mass is 233 g/mol. The van der Waals surface area contributed by atoms with E-state index in [-0.39, 0.29) is 23.9 Å². The third kappa shape index (κ3) is 3.06. The first-order valence-corrected chi connectivity index (χ1v) is 4.74. The Balaban J connectivity index is 2.99. The molecule has 0 aliphatic heterocycles. The Bertz CT molecular complexity index is 359. The third-order valence-electron chi connectivity index (χ3n) is 1.71. The minimum absolute atomic E-state index is 0.0517. The van der Waals surface area contributed by atoms with E-state index in [1.165, 1.54) is 18.2 Å². The van der Waals surface area contributed by atoms with E-state index in [2.05, 4.69) is 0 Å². The Morgan fingerprint density at radius 2 is 2.27 bits per heavy atom. The van der Waals surface area contributed by atoms with Crippen molar-refractivity contribution in [3.05, 3.63) is 33.9 Å². The quantitative estimate of drug-likeness (QED) is 0.446. The molecule has 0 radical (unpaired) electrons. The first kappa shape index (κ1) is 11.7. The number of halogens is 2. The molecule has 0 amide bonds. The highest BCUT2D eigenvalue weighted by Crippen LogP contribution is 2.28. The van der Waals surface area contributed by atoms with Crippen molar-refractivity contribution < 1.29 is 14.1 Å². The molecule has 0 fully saturated rings. The van der Waals surface area contributed by atoms with E-state index in [0.717, 1.165) is 0 Å². The van der Waals surface area contributed by atoms with Gasteiger partial charge in [-0.1, -0.05) is 6.07 Å². The molecule has 0 aliphatic carbocycles. The fraction of sp³-hybridized carbons (Fsp3) is 0.333. The van der Waals surface area contributed by atoms with Gasteiger partial charge in [-0.15, -0.1) is 11.6 Å². The van der Waals surface area contributed by atoms with Gasteiger partial charge in [-0.05, 0) is 11.6 Å². The van der Waals surface area contributed by atoms with Gasteiger partial charge in [0.25, 0.3) is 0 Å². The summed E-state index contributed by atoms with van der Waals surface area (Å²) in [5.41, 5.74) is 0.508. The summed E-state index contributed by atoms with van der Waals surface area (Å²) in [7, 11) is 0. The van der Waals surface area contributed by atoms with Gasteiger partial charge in [0.2, 0.25) is 0 Å². The van der Waals surface area contributed by atoms with Crippen molar-refractivity contribution >= 4 is 17.3 Å². The number of nitro benzene ring substituents is 1. The first-order valence-electron chi connectivity index (χ1n) is 4.21. The molecule has 6 heteroatoms. The number of alkyl halides is 2. The summed E-state index contributed by atoms with van der Waals surface area (Å²) >= 11 is 5.57. The minimum Gasteiger partial charge on any atom is -0.484 e. The molecule has 82 valence electrons. The van der Waals surface area contributed by atoms with Crippen LogP contribution in [0.2, 0.25) is 0 Å². The first-order chi connectivity index (χ1) is 7.19. The normalized spacial score (nSPS) is 10.0. The fourth-order valence-electron chi connectivity index (χ4n) is 1.06. The van der Waals surface area contributed by atoms with Crippen LogP contribution < -0.4 is 4.74 Å². The maximum atomic E-state index is 11.9. The molecule has 1 aromatic carbocycles. The van der Waals surface area contributed by atoms with Gasteiger partial charge in [-0.2, -0.15) is 0 Å². The zero-order valence-electron chi connectivity index (χ0n) is 7.78. The van der Waals surface area contributed by atoms with Crippen LogP contribution in [0.3, 0.4) is 0 Å². The minimum atomic E-state index is -0.692. The highest BCUT2D eigenvalue weighted by Gasteiger charge is 2.15. The number of nitrogens with zero attached hydrogens (tertiary/aromatic N) is 1. The molecule has 0 saturated carbocycles. The summed E-state index contributed by atoms with van der Waals surface area (Å²) in [5, 5.41) is 10.6. The van der Waals surface area contributed by atoms with Crippen molar-refractivity contribution in [2.75, 3.05) is 13.3 Å². The fourth-order valence-corrected chi connectivity index (χ4v) is 1.22. The van der Waals surface area contributed by atoms with Crippen molar-refractivity contribution in [3.63, 3.8) is 0 Å². The zero-order chi connectivity index (χ0) is 11.3. The molecule has 1 aromatic rings. The van der Waals surface area contributed by atoms with E-state index in [9.17, 15) is 14.5 Å². The highest BCUT2D eigenvalue weighted by atomic mass is 35.5. The lowest BCUT2D eigenvalue weighted by Crippen LogP contribution is -2.02. The van der Waals surface area contributed by atoms with E-state index in [0.29, 0.717) is 5.56 Å². The van der Waals surface area contributed by atoms with Crippen molar-refractivity contribution in [2.24, 2.45) is 0 Å². The molecule has 15 heavy (non-hydrogen) atoms. The lowest BCUT2D eigenvalue weighted by atomic mass is 10.2. The van der Waals surface area contributed by atoms with E-state index in [4.69, 9.17) is 16.3 Å². The predicted octanol–water partition coefficient (Wildman–Crippen LogP) is 2.68. The largest absolute Gasteiger partial charge is 0.484 e. The second-order valence-corrected chi connectivity index (χ2v) is 3.00. The Morgan fingerprint density at radius 1 is 1.53 bits per heavy atom. The van der Waals surface area contributed by atoms with Crippen LogP contribution in [-0.2, 0) is 5.88 Å². The van der Waals surface area contributed by atoms with Crippen LogP contribution in [0.15, 0.2) is 18.2 Å². The summed E-state index contributed by atoms with van der Waals surface area (Å²) in [5.74, 6) is 0.278. The number of rotatable bonds is 5. The van der Waals surface area contributed by atoms with Crippen molar-refractivity contribution in [2.45, 2.75) is 5.88 Å². The number of ether oxygens (including phenoxy) is 1. The maximum absolute atomic E-state index is 11.9. The highest BCUT2D eigenvalue weighted by molar-refractivity contribution is 6.17. The second-order valence-electron chi connectivity index (χ2n) is 2.73. The molecule has 0 unspecified atom stereocenters. The van der Waals surface area contributed by atoms with Gasteiger partial charge in [0.1, 0.15) is 13.3 Å². The van der Waals surface area contributed by atoms with Crippen molar-refractivity contribution in [1.82, 2.24) is 0 Å². The van der Waals surface area contributed by atoms with Crippen LogP contribution in [-0.4, -0.2) is 18.2 Å². The Morgan fingerprint density at radius 3 is 2.80 bits per heavy atom. The standard InChI is InChI=1S/C9H9ClFNO3/c10-6-7-1-2-8(12(13)14)9(5-7)15-4-3-11/h1-2,5H,3-4,6H2. The molecule has 0 heterocycles. The zero-order valence-corrected chi connectivity index (χ0v) is 8.54. The third-order valence-corrected chi connectivity index (χ3v) is 2.02. The van der Waals surface area contributed by atoms with Crippen LogP contribution in [0.5, 0.6) is 5.75 Å². The van der Waals surface area contributed by atoms with E-state index < -0.39 is 11.6 Å². The molecule has 1 rings (SSSR count). The van der Waals surface area contributed by atoms with E-state index in [1.807, 2.05) is 0 Å². The molecule has 0 atom stereocenters. The average molecular weight is 234 g/mol. The molecular formula is C9H9ClFNO3. The van der Waals surface area contributed by atoms with Gasteiger partial charge in [0, 0.05) is 11.9 Å². The number of nitro groups is 1. The number of hydrogen-bond acceptors (Lipinski definition) is 3. The molecule has 4 nitrogen and oxygen atoms in total. The maximum Gasteiger partial charge on any atom is 0.310 e. The molecule has 0 N–H and O–H groups in total. The SMILES string of the molecule is O=[N+]([O-])c1ccc(CCl)cc1OCCF. The van der Waals surface area contributed by atoms with Gasteiger partial charge in [0.05, 0.1) is 4.92 Å². The second kappa shape index (κ2) is 5.50. The average Bonchev–Trinajstić information content (AvgIpc) is 2.25. The summed E-state index contributed by atoms with van der Waals surface area (Å²) in [4.78, 5) is 10.0. The van der Waals surface area contributed by atoms with Gasteiger partial charge >= 0.3 is 5.69 Å². The Labute approximate surface area is 90.8 Å². The summed E-state index contributed by atoms with van der Waals surface area (Å²) < 4.78 is 16.8. The van der Waals surface area contributed by atoms with Crippen LogP contribution in [0, 0.1) is 10.1 Å². The van der Waals surface area contributed by atoms with Crippen LogP contribution >= 0.6 is 11.6 Å². The lowest BCUT2D eigenvalue weighted by Gasteiger charge is -2.05. The Kier molecular flexibility index (Phi) is 4.30. The topological polar surface area (TPSA) is 52.4 Å². The summed E-state index contributed by atoms with van der Waals surface area (Å²) in [6.07, 6.45) is 0. The van der Waals surface area contributed by atoms with Gasteiger partial charge in [-0.25, -0.2) is 4.39 Å². The molecule has 0 saturated heterocycles. The van der Waals surface area contributed by atoms with Crippen molar-refractivity contribution in [1.29, 1.82) is 0 Å². The van der Waals surface area contributed by atoms with Gasteiger partial charge in [0.15, 0.2) is 5.75 Å². The predicted molar refractivity (Wildman–Crippen MR) is 54.1 cm³/mol. The molecule has 0 spiro atoms. The number of benzene rings is 1. The van der Waals surface area contributed by atoms with Crippen LogP contribution in [0.4, 0.5) is 10.1 Å². The van der Waals surface area contributed by atoms with Crippen LogP contribution in [0.1, 0.15) is 5.56 Å². The van der Waals surface area contributed by atoms with Crippen LogP contribution in [0.25, 0.3) is 0 Å². The Hall–Kier alpha value is -1.36. The van der Waals surface area contributed by atoms with Gasteiger partial charge < -0.3 is 4.74 Å². The van der Waals surface area contributed by atoms with Crippen molar-refractivity contribution in [3.8, 4) is 5.75 Å². The smallest absolute Gasteiger partial charge is 0.310 e. The molecule has 0 aromatic heterocycles. The summed E-state index contributed by atoms with van der Waals surface area (Å²) in [6.45, 7) is -0.894. The molecular weight excluding hydrogens is 225 g/mol. The van der Waals surface area contributed by atoms with E-state index in [1.54, 1.807) is 0 Å². The number of hydrogen-bond donors (Lipinski definition) is 0. The lowest BCUT2D eigenvalue weighted by molar-refractivity contribution is -0.385. The molecule has 0 bridgehead atoms. The molecule has 0 aliphatic rings. The van der Waals surface area contributed by atoms with E-state index >= 15 is 0 Å². The summed E-state index contributed by atoms with van der Waals surface area (Å²) in [6, 6.07) is 4.28.